The number of hydrogen-bond donors (Lipinski definition) is 1. The van der Waals surface area contributed by atoms with Crippen molar-refractivity contribution in [2.45, 2.75) is 50.4 Å². The second-order valence-corrected chi connectivity index (χ2v) is 7.69. The van der Waals surface area contributed by atoms with Crippen LogP contribution in [-0.4, -0.2) is 41.0 Å². The number of nitrogens with zero attached hydrogens (tertiary/aromatic N) is 2. The highest BCUT2D eigenvalue weighted by Gasteiger charge is 2.23. The summed E-state index contributed by atoms with van der Waals surface area (Å²) < 4.78 is 7.36. The minimum Gasteiger partial charge on any atom is -0.383 e. The molecule has 0 unspecified atom stereocenters. The zero-order valence-corrected chi connectivity index (χ0v) is 15.8. The number of ether oxygens (including phenoxy) is 1. The number of imidazole rings is 1. The van der Waals surface area contributed by atoms with E-state index >= 15 is 0 Å². The number of methoxy groups -OCH3 is 1. The maximum atomic E-state index is 12.4. The fraction of sp³-hybridized carbons (Fsp3) is 0.579. The van der Waals surface area contributed by atoms with Gasteiger partial charge in [0.25, 0.3) is 0 Å². The molecule has 2 aromatic rings. The molecular formula is C19H27N3O2S. The van der Waals surface area contributed by atoms with Crippen molar-refractivity contribution >= 4 is 28.7 Å². The summed E-state index contributed by atoms with van der Waals surface area (Å²) in [5, 5.41) is 4.09. The highest BCUT2D eigenvalue weighted by atomic mass is 32.2. The van der Waals surface area contributed by atoms with Gasteiger partial charge in [-0.3, -0.25) is 4.79 Å². The number of thioether (sulfide) groups is 1. The predicted molar refractivity (Wildman–Crippen MR) is 102 cm³/mol. The molecule has 0 bridgehead atoms. The standard InChI is InChI=1S/C19H27N3O2S/c1-14-7-3-4-8-15(14)20-18(23)13-25-19-21-16-9-5-6-10-17(16)22(19)11-12-24-2/h5-6,9-10,14-15H,3-4,7-8,11-13H2,1-2H3,(H,20,23)/t14-,15+/m0/s1. The van der Waals surface area contributed by atoms with E-state index in [0.717, 1.165) is 29.2 Å². The molecule has 1 aliphatic rings. The van der Waals surface area contributed by atoms with E-state index in [9.17, 15) is 4.79 Å². The summed E-state index contributed by atoms with van der Waals surface area (Å²) in [7, 11) is 1.70. The fourth-order valence-corrected chi connectivity index (χ4v) is 4.32. The van der Waals surface area contributed by atoms with Crippen LogP contribution in [0.4, 0.5) is 0 Å². The lowest BCUT2D eigenvalue weighted by Crippen LogP contribution is -2.41. The molecule has 1 fully saturated rings. The van der Waals surface area contributed by atoms with Crippen LogP contribution in [0.2, 0.25) is 0 Å². The molecule has 1 aliphatic carbocycles. The Labute approximate surface area is 153 Å². The normalized spacial score (nSPS) is 20.7. The topological polar surface area (TPSA) is 56.1 Å². The Hall–Kier alpha value is -1.53. The van der Waals surface area contributed by atoms with Gasteiger partial charge in [-0.15, -0.1) is 0 Å². The van der Waals surface area contributed by atoms with Gasteiger partial charge in [0, 0.05) is 19.7 Å². The first-order chi connectivity index (χ1) is 12.2. The average Bonchev–Trinajstić information content (AvgIpc) is 2.98. The van der Waals surface area contributed by atoms with E-state index in [1.54, 1.807) is 7.11 Å². The molecule has 1 amide bonds. The van der Waals surface area contributed by atoms with Crippen LogP contribution in [0.5, 0.6) is 0 Å². The van der Waals surface area contributed by atoms with Crippen molar-refractivity contribution in [1.82, 2.24) is 14.9 Å². The van der Waals surface area contributed by atoms with Gasteiger partial charge >= 0.3 is 0 Å². The van der Waals surface area contributed by atoms with Crippen molar-refractivity contribution < 1.29 is 9.53 Å². The van der Waals surface area contributed by atoms with Crippen LogP contribution >= 0.6 is 11.8 Å². The van der Waals surface area contributed by atoms with E-state index < -0.39 is 0 Å². The Morgan fingerprint density at radius 1 is 1.36 bits per heavy atom. The van der Waals surface area contributed by atoms with Gasteiger partial charge in [0.2, 0.25) is 5.91 Å². The second-order valence-electron chi connectivity index (χ2n) is 6.75. The van der Waals surface area contributed by atoms with Gasteiger partial charge in [-0.05, 0) is 30.9 Å². The van der Waals surface area contributed by atoms with Crippen molar-refractivity contribution in [1.29, 1.82) is 0 Å². The molecule has 1 heterocycles. The van der Waals surface area contributed by atoms with Gasteiger partial charge in [0.05, 0.1) is 23.4 Å². The van der Waals surface area contributed by atoms with E-state index in [1.165, 1.54) is 31.0 Å². The highest BCUT2D eigenvalue weighted by Crippen LogP contribution is 2.26. The smallest absolute Gasteiger partial charge is 0.230 e. The van der Waals surface area contributed by atoms with E-state index in [-0.39, 0.29) is 5.91 Å². The fourth-order valence-electron chi connectivity index (χ4n) is 3.47. The Morgan fingerprint density at radius 2 is 2.16 bits per heavy atom. The lowest BCUT2D eigenvalue weighted by atomic mass is 9.86. The number of rotatable bonds is 7. The molecule has 1 aromatic carbocycles. The molecule has 1 saturated carbocycles. The number of para-hydroxylation sites is 2. The second kappa shape index (κ2) is 8.72. The monoisotopic (exact) mass is 361 g/mol. The van der Waals surface area contributed by atoms with E-state index in [0.29, 0.717) is 24.3 Å². The van der Waals surface area contributed by atoms with Crippen LogP contribution in [-0.2, 0) is 16.1 Å². The van der Waals surface area contributed by atoms with Crippen molar-refractivity contribution in [3.63, 3.8) is 0 Å². The summed E-state index contributed by atoms with van der Waals surface area (Å²) in [6.07, 6.45) is 4.82. The van der Waals surface area contributed by atoms with Crippen LogP contribution in [0.1, 0.15) is 32.6 Å². The van der Waals surface area contributed by atoms with E-state index in [2.05, 4.69) is 27.9 Å². The Bertz CT molecular complexity index is 716. The summed E-state index contributed by atoms with van der Waals surface area (Å²) >= 11 is 1.51. The molecule has 3 rings (SSSR count). The molecule has 0 radical (unpaired) electrons. The molecule has 0 spiro atoms. The van der Waals surface area contributed by atoms with Gasteiger partial charge in [-0.25, -0.2) is 4.98 Å². The Balaban J connectivity index is 1.64. The number of carbonyl (C=O) groups excluding carboxylic acids is 1. The SMILES string of the molecule is COCCn1c(SCC(=O)N[C@@H]2CCCC[C@@H]2C)nc2ccccc21. The number of carbonyl (C=O) groups is 1. The zero-order chi connectivity index (χ0) is 17.6. The van der Waals surface area contributed by atoms with Gasteiger partial charge < -0.3 is 14.6 Å². The summed E-state index contributed by atoms with van der Waals surface area (Å²) in [6.45, 7) is 3.60. The third-order valence-electron chi connectivity index (χ3n) is 4.93. The first-order valence-corrected chi connectivity index (χ1v) is 10.0. The number of hydrogen-bond acceptors (Lipinski definition) is 4. The molecular weight excluding hydrogens is 334 g/mol. The summed E-state index contributed by atoms with van der Waals surface area (Å²) in [4.78, 5) is 17.1. The molecule has 0 saturated heterocycles. The minimum atomic E-state index is 0.106. The summed E-state index contributed by atoms with van der Waals surface area (Å²) in [5.41, 5.74) is 2.05. The molecule has 0 aliphatic heterocycles. The third kappa shape index (κ3) is 4.55. The van der Waals surface area contributed by atoms with Crippen LogP contribution < -0.4 is 5.32 Å². The maximum Gasteiger partial charge on any atom is 0.230 e. The zero-order valence-electron chi connectivity index (χ0n) is 15.0. The third-order valence-corrected chi connectivity index (χ3v) is 5.91. The molecule has 2 atom stereocenters. The lowest BCUT2D eigenvalue weighted by Gasteiger charge is -2.29. The van der Waals surface area contributed by atoms with Crippen molar-refractivity contribution in [2.75, 3.05) is 19.5 Å². The molecule has 25 heavy (non-hydrogen) atoms. The average molecular weight is 362 g/mol. The molecule has 136 valence electrons. The van der Waals surface area contributed by atoms with E-state index in [1.807, 2.05) is 18.2 Å². The first-order valence-electron chi connectivity index (χ1n) is 9.05. The molecule has 6 heteroatoms. The van der Waals surface area contributed by atoms with Gasteiger partial charge in [0.1, 0.15) is 0 Å². The van der Waals surface area contributed by atoms with Crippen molar-refractivity contribution in [3.05, 3.63) is 24.3 Å². The summed E-state index contributed by atoms with van der Waals surface area (Å²) in [5.74, 6) is 1.09. The van der Waals surface area contributed by atoms with Gasteiger partial charge in [-0.2, -0.15) is 0 Å². The first kappa shape index (κ1) is 18.3. The minimum absolute atomic E-state index is 0.106. The quantitative estimate of drug-likeness (QED) is 0.767. The number of amides is 1. The predicted octanol–water partition coefficient (Wildman–Crippen LogP) is 3.47. The Morgan fingerprint density at radius 3 is 2.96 bits per heavy atom. The molecule has 1 aromatic heterocycles. The van der Waals surface area contributed by atoms with Gasteiger partial charge in [-0.1, -0.05) is 43.7 Å². The van der Waals surface area contributed by atoms with E-state index in [4.69, 9.17) is 4.74 Å². The van der Waals surface area contributed by atoms with Crippen LogP contribution in [0, 0.1) is 5.92 Å². The van der Waals surface area contributed by atoms with Crippen molar-refractivity contribution in [3.8, 4) is 0 Å². The number of nitrogens with one attached hydrogen (secondary N) is 1. The maximum absolute atomic E-state index is 12.4. The lowest BCUT2D eigenvalue weighted by molar-refractivity contribution is -0.119. The van der Waals surface area contributed by atoms with Gasteiger partial charge in [0.15, 0.2) is 5.16 Å². The molecule has 5 nitrogen and oxygen atoms in total. The largest absolute Gasteiger partial charge is 0.383 e. The molecule has 1 N–H and O–H groups in total. The number of aromatic nitrogens is 2. The van der Waals surface area contributed by atoms with Crippen LogP contribution in [0.3, 0.4) is 0 Å². The number of fused-ring (bicyclic) bond motifs is 1. The van der Waals surface area contributed by atoms with Crippen LogP contribution in [0.15, 0.2) is 29.4 Å². The van der Waals surface area contributed by atoms with Crippen molar-refractivity contribution in [2.24, 2.45) is 5.92 Å². The number of benzene rings is 1. The van der Waals surface area contributed by atoms with Crippen LogP contribution in [0.25, 0.3) is 11.0 Å². The highest BCUT2D eigenvalue weighted by molar-refractivity contribution is 7.99. The Kier molecular flexibility index (Phi) is 6.37. The summed E-state index contributed by atoms with van der Waals surface area (Å²) in [6, 6.07) is 8.40.